The maximum absolute atomic E-state index is 13.8. The maximum atomic E-state index is 13.8. The van der Waals surface area contributed by atoms with Crippen LogP contribution in [0.1, 0.15) is 27.7 Å². The van der Waals surface area contributed by atoms with Crippen molar-refractivity contribution in [3.8, 4) is 11.8 Å². The van der Waals surface area contributed by atoms with Gasteiger partial charge in [-0.3, -0.25) is 14.8 Å². The zero-order valence-corrected chi connectivity index (χ0v) is 17.3. The molecule has 1 aromatic heterocycles. The Balaban J connectivity index is 2.23. The zero-order chi connectivity index (χ0) is 23.0. The number of hydrogen-bond acceptors (Lipinski definition) is 5. The van der Waals surface area contributed by atoms with Gasteiger partial charge in [0, 0.05) is 18.2 Å². The van der Waals surface area contributed by atoms with Crippen molar-refractivity contribution in [2.24, 2.45) is 0 Å². The zero-order valence-electron chi connectivity index (χ0n) is 16.5. The summed E-state index contributed by atoms with van der Waals surface area (Å²) in [5.41, 5.74) is -0.600. The van der Waals surface area contributed by atoms with Crippen LogP contribution in [0.2, 0.25) is 0 Å². The molecule has 31 heavy (non-hydrogen) atoms. The molecule has 0 saturated heterocycles. The van der Waals surface area contributed by atoms with Crippen LogP contribution in [-0.4, -0.2) is 48.1 Å². The number of amides is 4. The van der Waals surface area contributed by atoms with Crippen LogP contribution in [0.15, 0.2) is 41.8 Å². The van der Waals surface area contributed by atoms with Gasteiger partial charge in [-0.1, -0.05) is 17.9 Å². The second-order valence-corrected chi connectivity index (χ2v) is 7.42. The molecule has 0 aliphatic heterocycles. The molecule has 2 aromatic rings. The number of benzene rings is 1. The van der Waals surface area contributed by atoms with Gasteiger partial charge < -0.3 is 16.0 Å². The predicted octanol–water partition coefficient (Wildman–Crippen LogP) is 1.70. The summed E-state index contributed by atoms with van der Waals surface area (Å²) in [6, 6.07) is 6.69. The number of rotatable bonds is 6. The van der Waals surface area contributed by atoms with E-state index in [1.54, 1.807) is 12.1 Å². The third-order valence-corrected chi connectivity index (χ3v) is 5.09. The van der Waals surface area contributed by atoms with E-state index in [0.717, 1.165) is 11.8 Å². The molecule has 0 radical (unpaired) electrons. The Morgan fingerprint density at radius 2 is 1.81 bits per heavy atom. The minimum atomic E-state index is -3.26. The van der Waals surface area contributed by atoms with Crippen LogP contribution in [0, 0.1) is 11.8 Å². The molecule has 0 aliphatic rings. The number of urea groups is 1. The van der Waals surface area contributed by atoms with Crippen molar-refractivity contribution >= 4 is 29.2 Å². The lowest BCUT2D eigenvalue weighted by atomic mass is 9.91. The molecular formula is C20H20F2N4O4S. The second-order valence-electron chi connectivity index (χ2n) is 6.47. The first-order chi connectivity index (χ1) is 14.7. The molecular weight excluding hydrogens is 430 g/mol. The van der Waals surface area contributed by atoms with Crippen LogP contribution < -0.4 is 21.4 Å². The molecule has 0 spiro atoms. The van der Waals surface area contributed by atoms with Gasteiger partial charge in [0.05, 0.1) is 4.88 Å². The highest BCUT2D eigenvalue weighted by Crippen LogP contribution is 2.21. The molecule has 1 unspecified atom stereocenters. The van der Waals surface area contributed by atoms with Gasteiger partial charge in [-0.25, -0.2) is 19.1 Å². The first-order valence-electron chi connectivity index (χ1n) is 8.89. The Morgan fingerprint density at radius 1 is 1.13 bits per heavy atom. The second kappa shape index (κ2) is 10.5. The van der Waals surface area contributed by atoms with Gasteiger partial charge in [-0.15, -0.1) is 11.3 Å². The summed E-state index contributed by atoms with van der Waals surface area (Å²) in [5.74, 6) is 3.69. The summed E-state index contributed by atoms with van der Waals surface area (Å²) in [7, 11) is 1.20. The van der Waals surface area contributed by atoms with Gasteiger partial charge >= 0.3 is 6.03 Å². The van der Waals surface area contributed by atoms with Crippen LogP contribution in [0.4, 0.5) is 13.6 Å². The van der Waals surface area contributed by atoms with E-state index in [9.17, 15) is 23.2 Å². The van der Waals surface area contributed by atoms with E-state index in [1.807, 2.05) is 22.8 Å². The monoisotopic (exact) mass is 450 g/mol. The van der Waals surface area contributed by atoms with E-state index in [2.05, 4.69) is 22.5 Å². The highest BCUT2D eigenvalue weighted by atomic mass is 32.1. The molecule has 1 heterocycles. The fourth-order valence-corrected chi connectivity index (χ4v) is 3.09. The van der Waals surface area contributed by atoms with E-state index in [1.165, 1.54) is 36.0 Å². The van der Waals surface area contributed by atoms with Crippen LogP contribution in [0.25, 0.3) is 0 Å². The summed E-state index contributed by atoms with van der Waals surface area (Å²) in [5, 5.41) is 17.0. The first kappa shape index (κ1) is 23.8. The Morgan fingerprint density at radius 3 is 2.32 bits per heavy atom. The molecule has 11 heteroatoms. The molecule has 1 aromatic carbocycles. The first-order valence-corrected chi connectivity index (χ1v) is 9.77. The van der Waals surface area contributed by atoms with Gasteiger partial charge in [0.25, 0.3) is 18.2 Å². The molecule has 164 valence electrons. The number of halogens is 2. The highest BCUT2D eigenvalue weighted by Gasteiger charge is 2.48. The van der Waals surface area contributed by atoms with Crippen LogP contribution in [-0.2, 0) is 4.79 Å². The topological polar surface area (TPSA) is 120 Å². The summed E-state index contributed by atoms with van der Waals surface area (Å²) < 4.78 is 27.5. The van der Waals surface area contributed by atoms with E-state index in [0.29, 0.717) is 5.56 Å². The number of carbonyl (C=O) groups is 3. The number of thiophene rings is 1. The molecule has 0 aliphatic carbocycles. The van der Waals surface area contributed by atoms with E-state index < -0.39 is 35.9 Å². The van der Waals surface area contributed by atoms with E-state index in [-0.39, 0.29) is 5.56 Å². The van der Waals surface area contributed by atoms with Gasteiger partial charge in [0.1, 0.15) is 11.6 Å². The van der Waals surface area contributed by atoms with Gasteiger partial charge in [-0.2, -0.15) is 0 Å². The average molecular weight is 450 g/mol. The Hall–Kier alpha value is -3.49. The molecule has 0 fully saturated rings. The number of hydrogen-bond donors (Lipinski definition) is 5. The van der Waals surface area contributed by atoms with Crippen molar-refractivity contribution in [2.75, 3.05) is 7.05 Å². The third-order valence-electron chi connectivity index (χ3n) is 4.31. The summed E-state index contributed by atoms with van der Waals surface area (Å²) >= 11 is 1.48. The van der Waals surface area contributed by atoms with E-state index in [4.69, 9.17) is 5.21 Å². The van der Waals surface area contributed by atoms with Crippen LogP contribution in [0.5, 0.6) is 0 Å². The minimum Gasteiger partial charge on any atom is -0.341 e. The molecule has 5 N–H and O–H groups in total. The lowest BCUT2D eigenvalue weighted by Crippen LogP contribution is -2.69. The lowest BCUT2D eigenvalue weighted by Gasteiger charge is -2.36. The van der Waals surface area contributed by atoms with Crippen molar-refractivity contribution in [3.05, 3.63) is 57.8 Å². The van der Waals surface area contributed by atoms with Gasteiger partial charge in [0.2, 0.25) is 0 Å². The Labute approximate surface area is 181 Å². The summed E-state index contributed by atoms with van der Waals surface area (Å²) in [6.45, 7) is 0.871. The molecule has 0 saturated carbocycles. The van der Waals surface area contributed by atoms with Crippen molar-refractivity contribution in [2.45, 2.75) is 24.9 Å². The molecule has 2 rings (SSSR count). The fourth-order valence-electron chi connectivity index (χ4n) is 2.51. The Kier molecular flexibility index (Phi) is 8.07. The molecule has 2 atom stereocenters. The van der Waals surface area contributed by atoms with E-state index >= 15 is 0 Å². The smallest absolute Gasteiger partial charge is 0.315 e. The summed E-state index contributed by atoms with van der Waals surface area (Å²) in [6.07, 6.45) is -3.26. The number of alkyl halides is 2. The number of hydroxylamine groups is 1. The van der Waals surface area contributed by atoms with Crippen LogP contribution in [0.3, 0.4) is 0 Å². The van der Waals surface area contributed by atoms with Crippen molar-refractivity contribution in [1.82, 2.24) is 21.4 Å². The summed E-state index contributed by atoms with van der Waals surface area (Å²) in [4.78, 5) is 37.1. The van der Waals surface area contributed by atoms with Gasteiger partial charge in [0.15, 0.2) is 0 Å². The predicted molar refractivity (Wildman–Crippen MR) is 110 cm³/mol. The quantitative estimate of drug-likeness (QED) is 0.261. The highest BCUT2D eigenvalue weighted by molar-refractivity contribution is 7.10. The molecule has 0 bridgehead atoms. The van der Waals surface area contributed by atoms with Gasteiger partial charge in [-0.05, 0) is 42.6 Å². The fraction of sp³-hybridized carbons (Fsp3) is 0.250. The van der Waals surface area contributed by atoms with Crippen molar-refractivity contribution in [3.63, 3.8) is 0 Å². The maximum Gasteiger partial charge on any atom is 0.315 e. The van der Waals surface area contributed by atoms with Crippen molar-refractivity contribution < 1.29 is 28.4 Å². The standard InChI is InChI=1S/C20H20F2N4O4S/c1-20(18(21)22,25-19(29)23-2)15(17(28)26-30)24-16(27)13-8-5-12(6-9-13)7-10-14-4-3-11-31-14/h3-6,8-9,11,15,18,30H,1-2H3,(H,24,27)(H,26,28)(H2,23,25,29)/t15-,20?/m1/s1. The number of nitrogens with one attached hydrogen (secondary N) is 4. The number of carbonyl (C=O) groups excluding carboxylic acids is 3. The third kappa shape index (κ3) is 6.00. The molecule has 8 nitrogen and oxygen atoms in total. The normalized spacial score (nSPS) is 13.2. The van der Waals surface area contributed by atoms with Crippen LogP contribution >= 0.6 is 11.3 Å². The lowest BCUT2D eigenvalue weighted by molar-refractivity contribution is -0.135. The SMILES string of the molecule is CNC(=O)NC(C)(C(F)F)[C@H](NC(=O)c1ccc(C#Cc2cccs2)cc1)C(=O)NO. The average Bonchev–Trinajstić information content (AvgIpc) is 3.29. The largest absolute Gasteiger partial charge is 0.341 e. The van der Waals surface area contributed by atoms with Crippen molar-refractivity contribution in [1.29, 1.82) is 0 Å². The minimum absolute atomic E-state index is 0.0639. The Bertz CT molecular complexity index is 987. The molecule has 4 amide bonds.